The van der Waals surface area contributed by atoms with Gasteiger partial charge in [0, 0.05) is 0 Å². The molecule has 0 spiro atoms. The fourth-order valence-electron chi connectivity index (χ4n) is 2.31. The predicted molar refractivity (Wildman–Crippen MR) is 76.2 cm³/mol. The molecular weight excluding hydrogens is 272 g/mol. The fraction of sp³-hybridized carbons (Fsp3) is 0.125. The van der Waals surface area contributed by atoms with E-state index in [1.807, 2.05) is 0 Å². The van der Waals surface area contributed by atoms with E-state index < -0.39 is 0 Å². The molecule has 0 bridgehead atoms. The topological polar surface area (TPSA) is 0 Å². The molecule has 2 aromatic carbocycles. The van der Waals surface area contributed by atoms with Gasteiger partial charge in [0.15, 0.2) is 0 Å². The summed E-state index contributed by atoms with van der Waals surface area (Å²) in [5.41, 5.74) is 5.56. The quantitative estimate of drug-likeness (QED) is 0.698. The zero-order chi connectivity index (χ0) is 11.7. The SMILES string of the molecule is BrC(C1=Cc2ccccc2C1)c1ccccc1. The van der Waals surface area contributed by atoms with Crippen molar-refractivity contribution in [1.29, 1.82) is 0 Å². The van der Waals surface area contributed by atoms with Gasteiger partial charge in [-0.3, -0.25) is 0 Å². The minimum atomic E-state index is 0.330. The van der Waals surface area contributed by atoms with Crippen LogP contribution < -0.4 is 0 Å². The van der Waals surface area contributed by atoms with Crippen LogP contribution >= 0.6 is 15.9 Å². The molecule has 0 N–H and O–H groups in total. The van der Waals surface area contributed by atoms with Crippen molar-refractivity contribution in [3.05, 3.63) is 76.9 Å². The Labute approximate surface area is 110 Å². The van der Waals surface area contributed by atoms with Gasteiger partial charge in [-0.15, -0.1) is 0 Å². The van der Waals surface area contributed by atoms with Crippen molar-refractivity contribution in [1.82, 2.24) is 0 Å². The maximum atomic E-state index is 3.80. The zero-order valence-electron chi connectivity index (χ0n) is 9.44. The molecule has 1 unspecified atom stereocenters. The summed E-state index contributed by atoms with van der Waals surface area (Å²) in [5.74, 6) is 0. The van der Waals surface area contributed by atoms with Gasteiger partial charge in [0.05, 0.1) is 4.83 Å². The number of benzene rings is 2. The molecule has 0 aromatic heterocycles. The first-order valence-corrected chi connectivity index (χ1v) is 6.73. The zero-order valence-corrected chi connectivity index (χ0v) is 11.0. The first-order valence-electron chi connectivity index (χ1n) is 5.82. The summed E-state index contributed by atoms with van der Waals surface area (Å²) in [6.07, 6.45) is 3.36. The summed E-state index contributed by atoms with van der Waals surface area (Å²) in [7, 11) is 0. The molecule has 1 aliphatic rings. The van der Waals surface area contributed by atoms with Crippen molar-refractivity contribution in [2.24, 2.45) is 0 Å². The third-order valence-corrected chi connectivity index (χ3v) is 4.33. The van der Waals surface area contributed by atoms with Crippen molar-refractivity contribution in [2.75, 3.05) is 0 Å². The molecule has 0 nitrogen and oxygen atoms in total. The van der Waals surface area contributed by atoms with Gasteiger partial charge in [0.1, 0.15) is 0 Å². The van der Waals surface area contributed by atoms with Gasteiger partial charge in [0.25, 0.3) is 0 Å². The highest BCUT2D eigenvalue weighted by atomic mass is 79.9. The van der Waals surface area contributed by atoms with Crippen LogP contribution in [0.1, 0.15) is 21.5 Å². The second-order valence-corrected chi connectivity index (χ2v) is 5.28. The monoisotopic (exact) mass is 284 g/mol. The molecule has 0 saturated carbocycles. The van der Waals surface area contributed by atoms with E-state index in [9.17, 15) is 0 Å². The van der Waals surface area contributed by atoms with Crippen LogP contribution in [0.4, 0.5) is 0 Å². The van der Waals surface area contributed by atoms with Crippen LogP contribution in [0.5, 0.6) is 0 Å². The lowest BCUT2D eigenvalue weighted by molar-refractivity contribution is 1.06. The van der Waals surface area contributed by atoms with Gasteiger partial charge in [-0.25, -0.2) is 0 Å². The molecule has 17 heavy (non-hydrogen) atoms. The number of fused-ring (bicyclic) bond motifs is 1. The first-order chi connectivity index (χ1) is 8.34. The Morgan fingerprint density at radius 1 is 0.882 bits per heavy atom. The smallest absolute Gasteiger partial charge is 0.0611 e. The molecule has 84 valence electrons. The van der Waals surface area contributed by atoms with Gasteiger partial charge in [-0.2, -0.15) is 0 Å². The first kappa shape index (κ1) is 10.8. The van der Waals surface area contributed by atoms with Crippen LogP contribution in [0, 0.1) is 0 Å². The standard InChI is InChI=1S/C16H13Br/c17-16(12-6-2-1-3-7-12)15-10-13-8-4-5-9-14(13)11-15/h1-10,16H,11H2. The number of allylic oxidation sites excluding steroid dienone is 1. The van der Waals surface area contributed by atoms with E-state index in [1.165, 1.54) is 22.3 Å². The number of rotatable bonds is 2. The number of hydrogen-bond donors (Lipinski definition) is 0. The molecule has 0 heterocycles. The van der Waals surface area contributed by atoms with E-state index in [-0.39, 0.29) is 0 Å². The van der Waals surface area contributed by atoms with Crippen molar-refractivity contribution in [2.45, 2.75) is 11.2 Å². The largest absolute Gasteiger partial charge is 0.0790 e. The van der Waals surface area contributed by atoms with Crippen molar-refractivity contribution in [3.63, 3.8) is 0 Å². The molecule has 1 atom stereocenters. The van der Waals surface area contributed by atoms with Crippen LogP contribution in [0.25, 0.3) is 6.08 Å². The van der Waals surface area contributed by atoms with Crippen LogP contribution in [-0.4, -0.2) is 0 Å². The molecule has 0 amide bonds. The third kappa shape index (κ3) is 2.07. The molecule has 1 aliphatic carbocycles. The van der Waals surface area contributed by atoms with E-state index >= 15 is 0 Å². The number of hydrogen-bond acceptors (Lipinski definition) is 0. The summed E-state index contributed by atoms with van der Waals surface area (Å²) in [4.78, 5) is 0.330. The molecule has 0 fully saturated rings. The third-order valence-electron chi connectivity index (χ3n) is 3.21. The average molecular weight is 285 g/mol. The molecular formula is C16H13Br. The molecule has 2 aromatic rings. The number of halogens is 1. The Bertz CT molecular complexity index is 555. The Kier molecular flexibility index (Phi) is 2.86. The summed E-state index contributed by atoms with van der Waals surface area (Å²) in [6.45, 7) is 0. The summed E-state index contributed by atoms with van der Waals surface area (Å²) < 4.78 is 0. The van der Waals surface area contributed by atoms with E-state index in [1.54, 1.807) is 0 Å². The minimum absolute atomic E-state index is 0.330. The summed E-state index contributed by atoms with van der Waals surface area (Å²) >= 11 is 3.80. The van der Waals surface area contributed by atoms with Gasteiger partial charge < -0.3 is 0 Å². The second kappa shape index (κ2) is 4.50. The molecule has 0 saturated heterocycles. The van der Waals surface area contributed by atoms with Crippen LogP contribution in [0.3, 0.4) is 0 Å². The highest BCUT2D eigenvalue weighted by Crippen LogP contribution is 2.38. The Hall–Kier alpha value is -1.34. The second-order valence-electron chi connectivity index (χ2n) is 4.37. The van der Waals surface area contributed by atoms with E-state index in [2.05, 4.69) is 76.6 Å². The fourth-order valence-corrected chi connectivity index (χ4v) is 2.90. The van der Waals surface area contributed by atoms with Crippen LogP contribution in [0.15, 0.2) is 60.2 Å². The lowest BCUT2D eigenvalue weighted by atomic mass is 10.0. The Morgan fingerprint density at radius 2 is 1.59 bits per heavy atom. The highest BCUT2D eigenvalue weighted by molar-refractivity contribution is 9.09. The predicted octanol–water partition coefficient (Wildman–Crippen LogP) is 4.76. The Balaban J connectivity index is 1.90. The Morgan fingerprint density at radius 3 is 2.35 bits per heavy atom. The summed E-state index contributed by atoms with van der Waals surface area (Å²) in [5, 5.41) is 0. The van der Waals surface area contributed by atoms with Crippen molar-refractivity contribution in [3.8, 4) is 0 Å². The van der Waals surface area contributed by atoms with Crippen molar-refractivity contribution >= 4 is 22.0 Å². The lowest BCUT2D eigenvalue weighted by Gasteiger charge is -2.11. The lowest BCUT2D eigenvalue weighted by Crippen LogP contribution is -1.94. The van der Waals surface area contributed by atoms with Gasteiger partial charge in [-0.1, -0.05) is 76.6 Å². The van der Waals surface area contributed by atoms with Gasteiger partial charge >= 0.3 is 0 Å². The van der Waals surface area contributed by atoms with E-state index in [0.29, 0.717) is 4.83 Å². The minimum Gasteiger partial charge on any atom is -0.0790 e. The molecule has 0 radical (unpaired) electrons. The average Bonchev–Trinajstić information content (AvgIpc) is 2.82. The summed E-state index contributed by atoms with van der Waals surface area (Å²) in [6, 6.07) is 19.2. The maximum absolute atomic E-state index is 3.80. The maximum Gasteiger partial charge on any atom is 0.0611 e. The highest BCUT2D eigenvalue weighted by Gasteiger charge is 2.19. The normalized spacial score (nSPS) is 15.2. The molecule has 0 aliphatic heterocycles. The number of alkyl halides is 1. The van der Waals surface area contributed by atoms with Gasteiger partial charge in [0.2, 0.25) is 0 Å². The van der Waals surface area contributed by atoms with Crippen LogP contribution in [-0.2, 0) is 6.42 Å². The molecule has 3 rings (SSSR count). The van der Waals surface area contributed by atoms with E-state index in [4.69, 9.17) is 0 Å². The van der Waals surface area contributed by atoms with Crippen molar-refractivity contribution < 1.29 is 0 Å². The van der Waals surface area contributed by atoms with E-state index in [0.717, 1.165) is 6.42 Å². The molecule has 1 heteroatoms. The van der Waals surface area contributed by atoms with Crippen LogP contribution in [0.2, 0.25) is 0 Å². The van der Waals surface area contributed by atoms with Gasteiger partial charge in [-0.05, 0) is 28.7 Å².